The van der Waals surface area contributed by atoms with Crippen LogP contribution < -0.4 is 0 Å². The van der Waals surface area contributed by atoms with E-state index in [0.29, 0.717) is 5.92 Å². The van der Waals surface area contributed by atoms with E-state index in [2.05, 4.69) is 68.7 Å². The van der Waals surface area contributed by atoms with Crippen molar-refractivity contribution >= 4 is 18.0 Å². The maximum Gasteiger partial charge on any atom is 0.0798 e. The highest BCUT2D eigenvalue weighted by Gasteiger charge is 2.18. The van der Waals surface area contributed by atoms with Crippen LogP contribution in [0.3, 0.4) is 0 Å². The largest absolute Gasteiger partial charge is 0.252 e. The number of hydrogen-bond acceptors (Lipinski definition) is 2. The maximum atomic E-state index is 4.67. The number of pyridine rings is 1. The molecule has 0 saturated heterocycles. The summed E-state index contributed by atoms with van der Waals surface area (Å²) in [5.41, 5.74) is 4.26. The zero-order valence-electron chi connectivity index (χ0n) is 11.8. The van der Waals surface area contributed by atoms with Crippen LogP contribution in [-0.2, 0) is 0 Å². The average Bonchev–Trinajstić information content (AvgIpc) is 2.48. The smallest absolute Gasteiger partial charge is 0.0798 e. The average molecular weight is 240 g/mol. The van der Waals surface area contributed by atoms with Crippen LogP contribution >= 0.6 is 0 Å². The Labute approximate surface area is 109 Å². The molecule has 1 aromatic rings. The van der Waals surface area contributed by atoms with Gasteiger partial charge in [-0.2, -0.15) is 0 Å². The lowest BCUT2D eigenvalue weighted by atomic mass is 9.91. The van der Waals surface area contributed by atoms with Crippen molar-refractivity contribution in [2.45, 2.75) is 40.5 Å². The summed E-state index contributed by atoms with van der Waals surface area (Å²) in [5.74, 6) is 3.44. The van der Waals surface area contributed by atoms with Crippen LogP contribution in [-0.4, -0.2) is 10.9 Å². The SMILES string of the molecule is CC(C)c1ccc2c(n1)C=C=NC(C(C)(C)C)=C2. The van der Waals surface area contributed by atoms with Crippen LogP contribution in [0.2, 0.25) is 0 Å². The van der Waals surface area contributed by atoms with E-state index in [4.69, 9.17) is 0 Å². The minimum absolute atomic E-state index is 0.0270. The highest BCUT2D eigenvalue weighted by atomic mass is 14.8. The van der Waals surface area contributed by atoms with E-state index < -0.39 is 0 Å². The molecule has 0 saturated carbocycles. The van der Waals surface area contributed by atoms with Crippen molar-refractivity contribution in [2.75, 3.05) is 0 Å². The van der Waals surface area contributed by atoms with Gasteiger partial charge in [-0.25, -0.2) is 4.99 Å². The molecule has 2 rings (SSSR count). The number of rotatable bonds is 1. The summed E-state index contributed by atoms with van der Waals surface area (Å²) in [6, 6.07) is 4.22. The van der Waals surface area contributed by atoms with Gasteiger partial charge in [0.2, 0.25) is 0 Å². The van der Waals surface area contributed by atoms with Gasteiger partial charge in [0.25, 0.3) is 0 Å². The van der Waals surface area contributed by atoms with E-state index in [1.807, 2.05) is 6.08 Å². The van der Waals surface area contributed by atoms with Crippen molar-refractivity contribution in [3.8, 4) is 0 Å². The molecule has 2 heteroatoms. The first-order chi connectivity index (χ1) is 8.38. The lowest BCUT2D eigenvalue weighted by Crippen LogP contribution is -2.07. The second kappa shape index (κ2) is 4.55. The van der Waals surface area contributed by atoms with E-state index in [9.17, 15) is 0 Å². The quantitative estimate of drug-likeness (QED) is 0.719. The van der Waals surface area contributed by atoms with Crippen LogP contribution in [0, 0.1) is 5.41 Å². The molecular weight excluding hydrogens is 220 g/mol. The van der Waals surface area contributed by atoms with E-state index in [1.165, 1.54) is 0 Å². The summed E-state index contributed by atoms with van der Waals surface area (Å²) in [6.07, 6.45) is 3.99. The van der Waals surface area contributed by atoms with E-state index >= 15 is 0 Å². The van der Waals surface area contributed by atoms with Crippen LogP contribution in [0.25, 0.3) is 12.2 Å². The van der Waals surface area contributed by atoms with Gasteiger partial charge in [-0.1, -0.05) is 40.7 Å². The first-order valence-corrected chi connectivity index (χ1v) is 6.40. The third-order valence-electron chi connectivity index (χ3n) is 3.02. The molecule has 0 spiro atoms. The second-order valence-electron chi connectivity index (χ2n) is 6.03. The first-order valence-electron chi connectivity index (χ1n) is 6.40. The van der Waals surface area contributed by atoms with Crippen molar-refractivity contribution in [1.82, 2.24) is 4.98 Å². The highest BCUT2D eigenvalue weighted by molar-refractivity contribution is 5.83. The molecule has 18 heavy (non-hydrogen) atoms. The molecule has 2 nitrogen and oxygen atoms in total. The molecule has 1 aliphatic rings. The normalized spacial score (nSPS) is 14.4. The molecule has 0 N–H and O–H groups in total. The van der Waals surface area contributed by atoms with E-state index in [-0.39, 0.29) is 5.41 Å². The molecule has 94 valence electrons. The number of hydrogen-bond donors (Lipinski definition) is 0. The zero-order valence-corrected chi connectivity index (χ0v) is 11.8. The Hall–Kier alpha value is -1.66. The molecule has 0 aliphatic carbocycles. The summed E-state index contributed by atoms with van der Waals surface area (Å²) in [5, 5.41) is 0. The van der Waals surface area contributed by atoms with Crippen molar-refractivity contribution < 1.29 is 0 Å². The van der Waals surface area contributed by atoms with Crippen LogP contribution in [0.1, 0.15) is 57.5 Å². The molecule has 0 unspecified atom stereocenters. The van der Waals surface area contributed by atoms with Crippen molar-refractivity contribution in [1.29, 1.82) is 0 Å². The Morgan fingerprint density at radius 1 is 1.17 bits per heavy atom. The molecule has 0 bridgehead atoms. The lowest BCUT2D eigenvalue weighted by molar-refractivity contribution is 0.503. The number of aromatic nitrogens is 1. The predicted molar refractivity (Wildman–Crippen MR) is 77.7 cm³/mol. The molecule has 1 aromatic heterocycles. The Balaban J connectivity index is 2.53. The first kappa shape index (κ1) is 12.8. The van der Waals surface area contributed by atoms with Gasteiger partial charge in [0.15, 0.2) is 0 Å². The summed E-state index contributed by atoms with van der Waals surface area (Å²) in [6.45, 7) is 10.8. The van der Waals surface area contributed by atoms with Gasteiger partial charge in [-0.05, 0) is 23.9 Å². The molecule has 0 amide bonds. The van der Waals surface area contributed by atoms with Crippen LogP contribution in [0.4, 0.5) is 0 Å². The third-order valence-corrected chi connectivity index (χ3v) is 3.02. The molecule has 0 atom stereocenters. The van der Waals surface area contributed by atoms with Crippen molar-refractivity contribution in [3.05, 3.63) is 34.8 Å². The summed E-state index contributed by atoms with van der Waals surface area (Å²) in [7, 11) is 0. The second-order valence-corrected chi connectivity index (χ2v) is 6.03. The van der Waals surface area contributed by atoms with Gasteiger partial charge in [-0.3, -0.25) is 4.98 Å². The summed E-state index contributed by atoms with van der Waals surface area (Å²) in [4.78, 5) is 9.07. The highest BCUT2D eigenvalue weighted by Crippen LogP contribution is 2.30. The van der Waals surface area contributed by atoms with E-state index in [0.717, 1.165) is 22.6 Å². The van der Waals surface area contributed by atoms with Gasteiger partial charge in [-0.15, -0.1) is 0 Å². The van der Waals surface area contributed by atoms with Crippen molar-refractivity contribution in [2.24, 2.45) is 10.4 Å². The van der Waals surface area contributed by atoms with Crippen molar-refractivity contribution in [3.63, 3.8) is 0 Å². The number of aliphatic imine (C=N–C) groups is 1. The molecule has 0 fully saturated rings. The maximum absolute atomic E-state index is 4.67. The third kappa shape index (κ3) is 2.60. The zero-order chi connectivity index (χ0) is 13.3. The number of nitrogens with zero attached hydrogens (tertiary/aromatic N) is 2. The Bertz CT molecular complexity index is 551. The Morgan fingerprint density at radius 3 is 2.50 bits per heavy atom. The van der Waals surface area contributed by atoms with E-state index in [1.54, 1.807) is 0 Å². The monoisotopic (exact) mass is 240 g/mol. The minimum Gasteiger partial charge on any atom is -0.252 e. The number of fused-ring (bicyclic) bond motifs is 1. The fourth-order valence-corrected chi connectivity index (χ4v) is 1.79. The molecule has 2 heterocycles. The Kier molecular flexibility index (Phi) is 3.23. The fourth-order valence-electron chi connectivity index (χ4n) is 1.79. The van der Waals surface area contributed by atoms with Gasteiger partial charge in [0.1, 0.15) is 0 Å². The van der Waals surface area contributed by atoms with Gasteiger partial charge < -0.3 is 0 Å². The fraction of sp³-hybridized carbons (Fsp3) is 0.438. The van der Waals surface area contributed by atoms with Crippen LogP contribution in [0.5, 0.6) is 0 Å². The predicted octanol–water partition coefficient (Wildman–Crippen LogP) is 4.29. The minimum atomic E-state index is 0.0270. The molecular formula is C16H20N2. The van der Waals surface area contributed by atoms with Gasteiger partial charge in [0, 0.05) is 22.7 Å². The van der Waals surface area contributed by atoms with Gasteiger partial charge in [0.05, 0.1) is 11.4 Å². The topological polar surface area (TPSA) is 25.2 Å². The molecule has 0 radical (unpaired) electrons. The van der Waals surface area contributed by atoms with Crippen LogP contribution in [0.15, 0.2) is 22.8 Å². The molecule has 1 aliphatic heterocycles. The summed E-state index contributed by atoms with van der Waals surface area (Å²) >= 11 is 0. The standard InChI is InChI=1S/C16H20N2/c1-11(2)13-7-6-12-10-15(16(3,4)5)17-9-8-14(12)18-13/h6-8,10-11H,1-5H3. The summed E-state index contributed by atoms with van der Waals surface area (Å²) < 4.78 is 0. The van der Waals surface area contributed by atoms with Gasteiger partial charge >= 0.3 is 0 Å². The Morgan fingerprint density at radius 2 is 1.89 bits per heavy atom. The molecule has 0 aromatic carbocycles. The number of allylic oxidation sites excluding steroid dienone is 1. The lowest BCUT2D eigenvalue weighted by Gasteiger charge is -2.18.